The van der Waals surface area contributed by atoms with E-state index in [1.165, 1.54) is 22.8 Å². The monoisotopic (exact) mass is 549 g/mol. The van der Waals surface area contributed by atoms with E-state index in [0.29, 0.717) is 30.1 Å². The van der Waals surface area contributed by atoms with Crippen LogP contribution >= 0.6 is 0 Å². The molecule has 2 aromatic heterocycles. The molecule has 2 aromatic carbocycles. The predicted molar refractivity (Wildman–Crippen MR) is 147 cm³/mol. The maximum absolute atomic E-state index is 15.2. The topological polar surface area (TPSA) is 69.0 Å². The van der Waals surface area contributed by atoms with Gasteiger partial charge in [-0.2, -0.15) is 5.10 Å². The van der Waals surface area contributed by atoms with Crippen LogP contribution in [0.25, 0.3) is 5.65 Å². The van der Waals surface area contributed by atoms with E-state index in [-0.39, 0.29) is 17.2 Å². The number of hydrogen-bond acceptors (Lipinski definition) is 6. The zero-order valence-electron chi connectivity index (χ0n) is 22.4. The Bertz CT molecular complexity index is 1580. The quantitative estimate of drug-likeness (QED) is 0.386. The summed E-state index contributed by atoms with van der Waals surface area (Å²) in [6.07, 6.45) is 4.60. The van der Waals surface area contributed by atoms with Gasteiger partial charge in [0.25, 0.3) is 5.91 Å². The summed E-state index contributed by atoms with van der Waals surface area (Å²) >= 11 is 0. The van der Waals surface area contributed by atoms with Gasteiger partial charge in [-0.25, -0.2) is 22.7 Å². The summed E-state index contributed by atoms with van der Waals surface area (Å²) < 4.78 is 45.2. The molecule has 0 bridgehead atoms. The lowest BCUT2D eigenvalue weighted by Gasteiger charge is -2.35. The molecule has 1 unspecified atom stereocenters. The fourth-order valence-electron chi connectivity index (χ4n) is 5.66. The van der Waals surface area contributed by atoms with Gasteiger partial charge in [-0.15, -0.1) is 0 Å². The largest absolute Gasteiger partial charge is 0.369 e. The third-order valence-electron chi connectivity index (χ3n) is 7.84. The molecular weight excluding hydrogens is 519 g/mol. The molecule has 2 saturated heterocycles. The second-order valence-electron chi connectivity index (χ2n) is 10.5. The Morgan fingerprint density at radius 2 is 1.80 bits per heavy atom. The van der Waals surface area contributed by atoms with Gasteiger partial charge in [0.2, 0.25) is 0 Å². The highest BCUT2D eigenvalue weighted by Gasteiger charge is 2.30. The number of anilines is 3. The number of hydrogen-bond donors (Lipinski definition) is 1. The zero-order chi connectivity index (χ0) is 28.0. The molecule has 1 amide bonds. The molecule has 4 aromatic rings. The average Bonchev–Trinajstić information content (AvgIpc) is 3.59. The average molecular weight is 550 g/mol. The molecule has 0 saturated carbocycles. The number of nitrogens with zero attached hydrogens (tertiary/aromatic N) is 6. The van der Waals surface area contributed by atoms with Crippen LogP contribution in [-0.4, -0.2) is 65.2 Å². The molecule has 6 rings (SSSR count). The highest BCUT2D eigenvalue weighted by molar-refractivity contribution is 6.06. The maximum Gasteiger partial charge on any atom is 0.258 e. The lowest BCUT2D eigenvalue weighted by molar-refractivity contribution is 0.102. The van der Waals surface area contributed by atoms with E-state index in [0.717, 1.165) is 56.0 Å². The summed E-state index contributed by atoms with van der Waals surface area (Å²) in [5, 5.41) is 7.02. The fourth-order valence-corrected chi connectivity index (χ4v) is 5.66. The molecule has 208 valence electrons. The zero-order valence-corrected chi connectivity index (χ0v) is 22.4. The van der Waals surface area contributed by atoms with Crippen molar-refractivity contribution in [3.63, 3.8) is 0 Å². The third kappa shape index (κ3) is 4.85. The van der Waals surface area contributed by atoms with Crippen LogP contribution in [-0.2, 0) is 0 Å². The molecule has 2 aliphatic rings. The Kier molecular flexibility index (Phi) is 6.83. The van der Waals surface area contributed by atoms with Crippen LogP contribution in [0.5, 0.6) is 0 Å². The number of amides is 1. The second kappa shape index (κ2) is 10.5. The van der Waals surface area contributed by atoms with Crippen molar-refractivity contribution >= 4 is 28.7 Å². The van der Waals surface area contributed by atoms with Crippen LogP contribution in [0.4, 0.5) is 30.4 Å². The van der Waals surface area contributed by atoms with Crippen LogP contribution in [0.1, 0.15) is 40.4 Å². The molecule has 0 radical (unpaired) electrons. The number of nitrogens with one attached hydrogen (secondary N) is 1. The van der Waals surface area contributed by atoms with E-state index in [9.17, 15) is 13.6 Å². The van der Waals surface area contributed by atoms with Gasteiger partial charge < -0.3 is 20.0 Å². The lowest BCUT2D eigenvalue weighted by Crippen LogP contribution is -2.44. The van der Waals surface area contributed by atoms with Crippen molar-refractivity contribution < 1.29 is 18.0 Å². The Morgan fingerprint density at radius 3 is 2.60 bits per heavy atom. The van der Waals surface area contributed by atoms with Gasteiger partial charge >= 0.3 is 0 Å². The Labute approximate surface area is 230 Å². The summed E-state index contributed by atoms with van der Waals surface area (Å²) in [4.78, 5) is 24.2. The standard InChI is InChI=1S/C29H30F3N7O/c1-18-14-21(23(32)16-26(18)37-12-10-36(2)11-13-37)29(40)34-24-17-33-39-9-7-27(35-28(24)39)38-8-3-4-25(38)20-15-19(30)5-6-22(20)31/h5-7,9,14-17,25H,3-4,8,10-13H2,1-2H3,(H,34,40). The van der Waals surface area contributed by atoms with E-state index < -0.39 is 23.4 Å². The number of piperazine rings is 1. The van der Waals surface area contributed by atoms with Crippen LogP contribution in [0, 0.1) is 24.4 Å². The van der Waals surface area contributed by atoms with Crippen molar-refractivity contribution in [3.8, 4) is 0 Å². The minimum Gasteiger partial charge on any atom is -0.369 e. The molecule has 0 spiro atoms. The first-order chi connectivity index (χ1) is 19.3. The molecule has 2 fully saturated rings. The maximum atomic E-state index is 15.2. The van der Waals surface area contributed by atoms with E-state index >= 15 is 4.39 Å². The molecule has 1 atom stereocenters. The van der Waals surface area contributed by atoms with Gasteiger partial charge in [0.15, 0.2) is 5.65 Å². The predicted octanol–water partition coefficient (Wildman–Crippen LogP) is 4.80. The molecule has 8 nitrogen and oxygen atoms in total. The number of aryl methyl sites for hydroxylation is 1. The number of carbonyl (C=O) groups is 1. The van der Waals surface area contributed by atoms with Gasteiger partial charge in [0.05, 0.1) is 17.8 Å². The number of rotatable bonds is 5. The van der Waals surface area contributed by atoms with Crippen molar-refractivity contribution in [3.05, 3.63) is 82.9 Å². The van der Waals surface area contributed by atoms with E-state index in [1.807, 2.05) is 11.8 Å². The molecule has 1 N–H and O–H groups in total. The van der Waals surface area contributed by atoms with Crippen molar-refractivity contribution in [2.45, 2.75) is 25.8 Å². The SMILES string of the molecule is Cc1cc(C(=O)Nc2cnn3ccc(N4CCCC4c4cc(F)ccc4F)nc23)c(F)cc1N1CCN(C)CC1. The minimum absolute atomic E-state index is 0.0629. The van der Waals surface area contributed by atoms with Gasteiger partial charge in [-0.1, -0.05) is 0 Å². The summed E-state index contributed by atoms with van der Waals surface area (Å²) in [6, 6.07) is 7.86. The van der Waals surface area contributed by atoms with Crippen LogP contribution in [0.2, 0.25) is 0 Å². The molecular formula is C29H30F3N7O. The van der Waals surface area contributed by atoms with Crippen molar-refractivity contribution in [1.29, 1.82) is 0 Å². The summed E-state index contributed by atoms with van der Waals surface area (Å²) in [6.45, 7) is 5.86. The van der Waals surface area contributed by atoms with Gasteiger partial charge in [-0.05, 0) is 68.8 Å². The minimum atomic E-state index is -0.603. The Hall–Kier alpha value is -4.12. The summed E-state index contributed by atoms with van der Waals surface area (Å²) in [7, 11) is 2.06. The van der Waals surface area contributed by atoms with E-state index in [4.69, 9.17) is 4.98 Å². The van der Waals surface area contributed by atoms with Crippen molar-refractivity contribution in [1.82, 2.24) is 19.5 Å². The van der Waals surface area contributed by atoms with Crippen LogP contribution in [0.15, 0.2) is 48.8 Å². The number of halogens is 3. The molecule has 11 heteroatoms. The van der Waals surface area contributed by atoms with Crippen LogP contribution in [0.3, 0.4) is 0 Å². The van der Waals surface area contributed by atoms with Crippen molar-refractivity contribution in [2.75, 3.05) is 54.9 Å². The normalized spacial score (nSPS) is 18.1. The first kappa shape index (κ1) is 26.1. The van der Waals surface area contributed by atoms with E-state index in [2.05, 4.69) is 27.3 Å². The first-order valence-electron chi connectivity index (χ1n) is 13.4. The molecule has 40 heavy (non-hydrogen) atoms. The molecule has 2 aliphatic heterocycles. The third-order valence-corrected chi connectivity index (χ3v) is 7.84. The second-order valence-corrected chi connectivity index (χ2v) is 10.5. The van der Waals surface area contributed by atoms with Gasteiger partial charge in [0.1, 0.15) is 29.0 Å². The van der Waals surface area contributed by atoms with Crippen molar-refractivity contribution in [2.24, 2.45) is 0 Å². The van der Waals surface area contributed by atoms with Gasteiger partial charge in [-0.3, -0.25) is 4.79 Å². The van der Waals surface area contributed by atoms with Crippen LogP contribution < -0.4 is 15.1 Å². The summed E-state index contributed by atoms with van der Waals surface area (Å²) in [5.74, 6) is -1.61. The highest BCUT2D eigenvalue weighted by Crippen LogP contribution is 2.37. The highest BCUT2D eigenvalue weighted by atomic mass is 19.1. The number of aromatic nitrogens is 3. The van der Waals surface area contributed by atoms with E-state index in [1.54, 1.807) is 18.3 Å². The number of fused-ring (bicyclic) bond motifs is 1. The number of carbonyl (C=O) groups excluding carboxylic acids is 1. The molecule has 0 aliphatic carbocycles. The Balaban J connectivity index is 1.25. The number of benzene rings is 2. The fraction of sp³-hybridized carbons (Fsp3) is 0.345. The van der Waals surface area contributed by atoms with Gasteiger partial charge in [0, 0.05) is 50.2 Å². The smallest absolute Gasteiger partial charge is 0.258 e. The first-order valence-corrected chi connectivity index (χ1v) is 13.4. The Morgan fingerprint density at radius 1 is 1.00 bits per heavy atom. The molecule has 4 heterocycles. The lowest BCUT2D eigenvalue weighted by atomic mass is 10.0. The summed E-state index contributed by atoms with van der Waals surface area (Å²) in [5.41, 5.74) is 2.52. The number of likely N-dealkylation sites (N-methyl/N-ethyl adjacent to an activating group) is 1.